The molecule has 0 aliphatic heterocycles. The fourth-order valence-electron chi connectivity index (χ4n) is 1.03. The van der Waals surface area contributed by atoms with E-state index in [-0.39, 0.29) is 23.4 Å². The van der Waals surface area contributed by atoms with Gasteiger partial charge in [-0.2, -0.15) is 5.26 Å². The van der Waals surface area contributed by atoms with Gasteiger partial charge >= 0.3 is 0 Å². The maximum Gasteiger partial charge on any atom is 0.270 e. The van der Waals surface area contributed by atoms with Crippen molar-refractivity contribution >= 4 is 29.1 Å². The van der Waals surface area contributed by atoms with Gasteiger partial charge in [-0.25, -0.2) is 4.98 Å². The second-order valence-electron chi connectivity index (χ2n) is 3.83. The number of aromatic nitrogens is 1. The van der Waals surface area contributed by atoms with Crippen LogP contribution in [0.15, 0.2) is 18.3 Å². The molecule has 0 atom stereocenters. The standard InChI is InChI=1S/C11H11Cl2N3O/c1-11(6-12,7-13)16-10(17)9-3-2-8(4-14)5-15-9/h2-3,5H,6-7H2,1H3,(H,16,17). The minimum Gasteiger partial charge on any atom is -0.343 e. The molecule has 0 fully saturated rings. The highest BCUT2D eigenvalue weighted by Gasteiger charge is 2.25. The summed E-state index contributed by atoms with van der Waals surface area (Å²) in [6.45, 7) is 1.74. The number of halogens is 2. The van der Waals surface area contributed by atoms with Gasteiger partial charge in [-0.1, -0.05) is 0 Å². The van der Waals surface area contributed by atoms with E-state index in [1.54, 1.807) is 6.92 Å². The van der Waals surface area contributed by atoms with Gasteiger partial charge in [0.2, 0.25) is 0 Å². The van der Waals surface area contributed by atoms with E-state index in [0.29, 0.717) is 5.56 Å². The molecule has 0 bridgehead atoms. The van der Waals surface area contributed by atoms with E-state index in [9.17, 15) is 4.79 Å². The Kier molecular flexibility index (Phi) is 4.73. The van der Waals surface area contributed by atoms with Gasteiger partial charge in [0.25, 0.3) is 5.91 Å². The van der Waals surface area contributed by atoms with Crippen LogP contribution in [0.2, 0.25) is 0 Å². The summed E-state index contributed by atoms with van der Waals surface area (Å²) >= 11 is 11.5. The van der Waals surface area contributed by atoms with Gasteiger partial charge in [0.1, 0.15) is 11.8 Å². The van der Waals surface area contributed by atoms with Crippen molar-refractivity contribution in [2.24, 2.45) is 0 Å². The first-order valence-electron chi connectivity index (χ1n) is 4.85. The molecule has 0 aliphatic carbocycles. The maximum absolute atomic E-state index is 11.8. The van der Waals surface area contributed by atoms with Gasteiger partial charge < -0.3 is 5.32 Å². The number of carbonyl (C=O) groups excluding carboxylic acids is 1. The van der Waals surface area contributed by atoms with Gasteiger partial charge in [0, 0.05) is 18.0 Å². The van der Waals surface area contributed by atoms with Gasteiger partial charge in [-0.3, -0.25) is 4.79 Å². The van der Waals surface area contributed by atoms with E-state index in [4.69, 9.17) is 28.5 Å². The van der Waals surface area contributed by atoms with Gasteiger partial charge in [-0.05, 0) is 19.1 Å². The van der Waals surface area contributed by atoms with Crippen molar-refractivity contribution in [1.82, 2.24) is 10.3 Å². The van der Waals surface area contributed by atoms with Crippen LogP contribution in [-0.4, -0.2) is 28.2 Å². The zero-order valence-corrected chi connectivity index (χ0v) is 10.7. The number of nitriles is 1. The van der Waals surface area contributed by atoms with Gasteiger partial charge in [0.05, 0.1) is 11.1 Å². The first-order valence-corrected chi connectivity index (χ1v) is 5.92. The second-order valence-corrected chi connectivity index (χ2v) is 4.36. The summed E-state index contributed by atoms with van der Waals surface area (Å²) in [6.07, 6.45) is 1.34. The molecular weight excluding hydrogens is 261 g/mol. The first-order chi connectivity index (χ1) is 8.04. The van der Waals surface area contributed by atoms with Crippen molar-refractivity contribution in [2.45, 2.75) is 12.5 Å². The zero-order valence-electron chi connectivity index (χ0n) is 9.20. The molecule has 90 valence electrons. The Bertz CT molecular complexity index is 435. The fraction of sp³-hybridized carbons (Fsp3) is 0.364. The Balaban J connectivity index is 2.80. The number of hydrogen-bond donors (Lipinski definition) is 1. The smallest absolute Gasteiger partial charge is 0.270 e. The third kappa shape index (κ3) is 3.58. The molecule has 6 heteroatoms. The summed E-state index contributed by atoms with van der Waals surface area (Å²) < 4.78 is 0. The average Bonchev–Trinajstić information content (AvgIpc) is 2.38. The molecule has 0 aromatic carbocycles. The molecule has 1 amide bonds. The Morgan fingerprint density at radius 2 is 2.18 bits per heavy atom. The Morgan fingerprint density at radius 1 is 1.53 bits per heavy atom. The monoisotopic (exact) mass is 271 g/mol. The quantitative estimate of drug-likeness (QED) is 0.851. The van der Waals surface area contributed by atoms with Gasteiger partial charge in [0.15, 0.2) is 0 Å². The van der Waals surface area contributed by atoms with Gasteiger partial charge in [-0.15, -0.1) is 23.2 Å². The normalized spacial score (nSPS) is 10.7. The third-order valence-corrected chi connectivity index (χ3v) is 3.31. The van der Waals surface area contributed by atoms with E-state index < -0.39 is 5.54 Å². The predicted octanol–water partition coefficient (Wildman–Crippen LogP) is 1.92. The van der Waals surface area contributed by atoms with E-state index in [2.05, 4.69) is 10.3 Å². The fourth-order valence-corrected chi connectivity index (χ4v) is 1.45. The minimum absolute atomic E-state index is 0.207. The summed E-state index contributed by atoms with van der Waals surface area (Å²) in [5, 5.41) is 11.3. The SMILES string of the molecule is CC(CCl)(CCl)NC(=O)c1ccc(C#N)cn1. The lowest BCUT2D eigenvalue weighted by Crippen LogP contribution is -2.49. The van der Waals surface area contributed by atoms with E-state index in [1.165, 1.54) is 18.3 Å². The lowest BCUT2D eigenvalue weighted by atomic mass is 10.1. The summed E-state index contributed by atoms with van der Waals surface area (Å²) in [4.78, 5) is 15.7. The van der Waals surface area contributed by atoms with Crippen LogP contribution in [0.3, 0.4) is 0 Å². The summed E-state index contributed by atoms with van der Waals surface area (Å²) in [7, 11) is 0. The molecule has 1 aromatic rings. The molecule has 0 saturated heterocycles. The zero-order chi connectivity index (χ0) is 12.9. The highest BCUT2D eigenvalue weighted by Crippen LogP contribution is 2.10. The lowest BCUT2D eigenvalue weighted by molar-refractivity contribution is 0.0916. The summed E-state index contributed by atoms with van der Waals surface area (Å²) in [6, 6.07) is 4.94. The van der Waals surface area contributed by atoms with Crippen molar-refractivity contribution in [1.29, 1.82) is 5.26 Å². The van der Waals surface area contributed by atoms with Crippen LogP contribution in [-0.2, 0) is 0 Å². The molecule has 1 rings (SSSR count). The molecule has 0 radical (unpaired) electrons. The van der Waals surface area contributed by atoms with Crippen molar-refractivity contribution in [3.05, 3.63) is 29.6 Å². The molecular formula is C11H11Cl2N3O. The number of hydrogen-bond acceptors (Lipinski definition) is 3. The van der Waals surface area contributed by atoms with Crippen LogP contribution in [0, 0.1) is 11.3 Å². The van der Waals surface area contributed by atoms with Crippen LogP contribution in [0.1, 0.15) is 23.0 Å². The summed E-state index contributed by atoms with van der Waals surface area (Å²) in [5.41, 5.74) is -0.0417. The maximum atomic E-state index is 11.8. The van der Waals surface area contributed by atoms with Crippen molar-refractivity contribution in [2.75, 3.05) is 11.8 Å². The molecule has 4 nitrogen and oxygen atoms in total. The number of amides is 1. The minimum atomic E-state index is -0.671. The average molecular weight is 272 g/mol. The lowest BCUT2D eigenvalue weighted by Gasteiger charge is -2.25. The highest BCUT2D eigenvalue weighted by atomic mass is 35.5. The Hall–Kier alpha value is -1.31. The van der Waals surface area contributed by atoms with Crippen LogP contribution < -0.4 is 5.32 Å². The molecule has 1 aromatic heterocycles. The molecule has 1 N–H and O–H groups in total. The van der Waals surface area contributed by atoms with E-state index in [1.807, 2.05) is 6.07 Å². The second kappa shape index (κ2) is 5.85. The molecule has 0 saturated carbocycles. The molecule has 0 unspecified atom stereocenters. The molecule has 0 spiro atoms. The third-order valence-electron chi connectivity index (χ3n) is 2.13. The van der Waals surface area contributed by atoms with Crippen LogP contribution in [0.4, 0.5) is 0 Å². The van der Waals surface area contributed by atoms with Crippen molar-refractivity contribution in [3.63, 3.8) is 0 Å². The van der Waals surface area contributed by atoms with Crippen LogP contribution in [0.25, 0.3) is 0 Å². The largest absolute Gasteiger partial charge is 0.343 e. The Labute approximate surface area is 110 Å². The predicted molar refractivity (Wildman–Crippen MR) is 66.3 cm³/mol. The molecule has 1 heterocycles. The summed E-state index contributed by atoms with van der Waals surface area (Å²) in [5.74, 6) is 0.0510. The van der Waals surface area contributed by atoms with E-state index >= 15 is 0 Å². The number of nitrogens with one attached hydrogen (secondary N) is 1. The topological polar surface area (TPSA) is 65.8 Å². The number of rotatable bonds is 4. The van der Waals surface area contributed by atoms with Crippen LogP contribution >= 0.6 is 23.2 Å². The van der Waals surface area contributed by atoms with Crippen LogP contribution in [0.5, 0.6) is 0 Å². The van der Waals surface area contributed by atoms with Crippen molar-refractivity contribution in [3.8, 4) is 6.07 Å². The van der Waals surface area contributed by atoms with E-state index in [0.717, 1.165) is 0 Å². The molecule has 17 heavy (non-hydrogen) atoms. The number of carbonyl (C=O) groups is 1. The Morgan fingerprint density at radius 3 is 2.59 bits per heavy atom. The first kappa shape index (κ1) is 13.8. The number of pyridine rings is 1. The number of nitrogens with zero attached hydrogens (tertiary/aromatic N) is 2. The highest BCUT2D eigenvalue weighted by molar-refractivity contribution is 6.22. The number of alkyl halides is 2. The van der Waals surface area contributed by atoms with Crippen molar-refractivity contribution < 1.29 is 4.79 Å². The molecule has 0 aliphatic rings.